The summed E-state index contributed by atoms with van der Waals surface area (Å²) < 4.78 is 6.60. The summed E-state index contributed by atoms with van der Waals surface area (Å²) in [6.45, 7) is 1.71. The van der Waals surface area contributed by atoms with Crippen LogP contribution in [0.1, 0.15) is 23.9 Å². The molecule has 128 valence electrons. The number of para-hydroxylation sites is 1. The zero-order chi connectivity index (χ0) is 18.0. The molecule has 6 nitrogen and oxygen atoms in total. The van der Waals surface area contributed by atoms with Gasteiger partial charge >= 0.3 is 5.97 Å². The van der Waals surface area contributed by atoms with Crippen LogP contribution in [0.3, 0.4) is 0 Å². The Morgan fingerprint density at radius 2 is 1.88 bits per heavy atom. The molecule has 1 heterocycles. The average molecular weight is 338 g/mol. The summed E-state index contributed by atoms with van der Waals surface area (Å²) in [6, 6.07) is 13.5. The Kier molecular flexibility index (Phi) is 4.52. The molecule has 0 bridgehead atoms. The molecule has 0 saturated carbocycles. The van der Waals surface area contributed by atoms with E-state index in [1.807, 2.05) is 6.07 Å². The van der Waals surface area contributed by atoms with Gasteiger partial charge in [0.05, 0.1) is 30.5 Å². The van der Waals surface area contributed by atoms with Gasteiger partial charge in [-0.15, -0.1) is 0 Å². The van der Waals surface area contributed by atoms with E-state index in [0.29, 0.717) is 28.0 Å². The molecule has 1 atom stereocenters. The summed E-state index contributed by atoms with van der Waals surface area (Å²) in [5, 5.41) is 9.81. The summed E-state index contributed by atoms with van der Waals surface area (Å²) in [6.07, 6.45) is -0.215. The number of aliphatic carboxylic acids is 1. The predicted octanol–water partition coefficient (Wildman–Crippen LogP) is 2.78. The number of hydrogen-bond donors (Lipinski definition) is 1. The SMILES string of the molecule is COc1ccc([C@H](CC(=O)O)n2c(C)nc3ccccc3c2=O)cc1. The van der Waals surface area contributed by atoms with Crippen LogP contribution in [0.25, 0.3) is 10.9 Å². The Bertz CT molecular complexity index is 977. The molecule has 0 aliphatic rings. The first-order valence-electron chi connectivity index (χ1n) is 7.85. The molecule has 3 aromatic rings. The molecule has 1 N–H and O–H groups in total. The van der Waals surface area contributed by atoms with Gasteiger partial charge in [-0.2, -0.15) is 0 Å². The van der Waals surface area contributed by atoms with Gasteiger partial charge in [0.2, 0.25) is 0 Å². The van der Waals surface area contributed by atoms with Gasteiger partial charge in [-0.3, -0.25) is 14.2 Å². The number of carboxylic acids is 1. The van der Waals surface area contributed by atoms with Crippen LogP contribution >= 0.6 is 0 Å². The van der Waals surface area contributed by atoms with Crippen molar-refractivity contribution in [2.45, 2.75) is 19.4 Å². The van der Waals surface area contributed by atoms with Crippen LogP contribution in [-0.4, -0.2) is 27.7 Å². The second-order valence-electron chi connectivity index (χ2n) is 5.74. The molecule has 3 rings (SSSR count). The predicted molar refractivity (Wildman–Crippen MR) is 94.1 cm³/mol. The number of ether oxygens (including phenoxy) is 1. The van der Waals surface area contributed by atoms with Crippen LogP contribution in [0, 0.1) is 6.92 Å². The highest BCUT2D eigenvalue weighted by Gasteiger charge is 2.22. The van der Waals surface area contributed by atoms with Crippen molar-refractivity contribution in [3.8, 4) is 5.75 Å². The van der Waals surface area contributed by atoms with Crippen molar-refractivity contribution in [3.05, 3.63) is 70.3 Å². The van der Waals surface area contributed by atoms with Crippen molar-refractivity contribution in [1.29, 1.82) is 0 Å². The summed E-state index contributed by atoms with van der Waals surface area (Å²) in [5.74, 6) is 0.157. The molecule has 0 radical (unpaired) electrons. The Morgan fingerprint density at radius 1 is 1.20 bits per heavy atom. The minimum atomic E-state index is -0.986. The van der Waals surface area contributed by atoms with E-state index in [-0.39, 0.29) is 12.0 Å². The molecule has 1 aromatic heterocycles. The normalized spacial score (nSPS) is 12.1. The summed E-state index contributed by atoms with van der Waals surface area (Å²) in [4.78, 5) is 28.8. The van der Waals surface area contributed by atoms with Gasteiger partial charge in [0.1, 0.15) is 11.6 Å². The van der Waals surface area contributed by atoms with Crippen LogP contribution in [0.2, 0.25) is 0 Å². The molecule has 0 aliphatic carbocycles. The number of benzene rings is 2. The lowest BCUT2D eigenvalue weighted by atomic mass is 10.0. The molecule has 0 spiro atoms. The highest BCUT2D eigenvalue weighted by molar-refractivity contribution is 5.77. The number of hydrogen-bond acceptors (Lipinski definition) is 4. The summed E-state index contributed by atoms with van der Waals surface area (Å²) >= 11 is 0. The first-order chi connectivity index (χ1) is 12.0. The number of nitrogens with zero attached hydrogens (tertiary/aromatic N) is 2. The van der Waals surface area contributed by atoms with E-state index in [9.17, 15) is 14.7 Å². The number of methoxy groups -OCH3 is 1. The highest BCUT2D eigenvalue weighted by Crippen LogP contribution is 2.25. The molecular weight excluding hydrogens is 320 g/mol. The topological polar surface area (TPSA) is 81.4 Å². The molecule has 0 aliphatic heterocycles. The lowest BCUT2D eigenvalue weighted by Gasteiger charge is -2.21. The van der Waals surface area contributed by atoms with Crippen molar-refractivity contribution < 1.29 is 14.6 Å². The first-order valence-corrected chi connectivity index (χ1v) is 7.85. The van der Waals surface area contributed by atoms with E-state index < -0.39 is 12.0 Å². The molecule has 0 amide bonds. The van der Waals surface area contributed by atoms with Gasteiger partial charge in [-0.1, -0.05) is 24.3 Å². The summed E-state index contributed by atoms with van der Waals surface area (Å²) in [5.41, 5.74) is 1.07. The number of aryl methyl sites for hydroxylation is 1. The van der Waals surface area contributed by atoms with Crippen LogP contribution in [0.4, 0.5) is 0 Å². The summed E-state index contributed by atoms with van der Waals surface area (Å²) in [7, 11) is 1.56. The zero-order valence-corrected chi connectivity index (χ0v) is 14.0. The van der Waals surface area contributed by atoms with Gasteiger partial charge in [0.15, 0.2) is 0 Å². The first kappa shape index (κ1) is 16.7. The fourth-order valence-corrected chi connectivity index (χ4v) is 2.97. The fourth-order valence-electron chi connectivity index (χ4n) is 2.97. The van der Waals surface area contributed by atoms with Crippen LogP contribution in [0.15, 0.2) is 53.3 Å². The third-order valence-corrected chi connectivity index (χ3v) is 4.16. The smallest absolute Gasteiger partial charge is 0.305 e. The van der Waals surface area contributed by atoms with Gasteiger partial charge < -0.3 is 9.84 Å². The molecule has 2 aromatic carbocycles. The van der Waals surface area contributed by atoms with Crippen molar-refractivity contribution in [2.75, 3.05) is 7.11 Å². The Balaban J connectivity index is 2.20. The quantitative estimate of drug-likeness (QED) is 0.773. The maximum Gasteiger partial charge on any atom is 0.305 e. The second-order valence-corrected chi connectivity index (χ2v) is 5.74. The maximum atomic E-state index is 13.0. The van der Waals surface area contributed by atoms with Gasteiger partial charge in [0.25, 0.3) is 5.56 Å². The van der Waals surface area contributed by atoms with E-state index in [4.69, 9.17) is 4.74 Å². The Labute approximate surface area is 144 Å². The average Bonchev–Trinajstić information content (AvgIpc) is 2.60. The molecule has 0 fully saturated rings. The van der Waals surface area contributed by atoms with E-state index in [1.54, 1.807) is 56.5 Å². The van der Waals surface area contributed by atoms with Crippen LogP contribution in [-0.2, 0) is 4.79 Å². The van der Waals surface area contributed by atoms with E-state index in [2.05, 4.69) is 4.98 Å². The number of aromatic nitrogens is 2. The number of carboxylic acid groups (broad SMARTS) is 1. The van der Waals surface area contributed by atoms with E-state index in [0.717, 1.165) is 0 Å². The standard InChI is InChI=1S/C19H18N2O4/c1-12-20-16-6-4-3-5-15(16)19(24)21(12)17(11-18(22)23)13-7-9-14(25-2)10-8-13/h3-10,17H,11H2,1-2H3,(H,22,23)/t17-/m0/s1. The van der Waals surface area contributed by atoms with Crippen LogP contribution in [0.5, 0.6) is 5.75 Å². The second kappa shape index (κ2) is 6.76. The lowest BCUT2D eigenvalue weighted by molar-refractivity contribution is -0.137. The van der Waals surface area contributed by atoms with Gasteiger partial charge in [-0.25, -0.2) is 4.98 Å². The zero-order valence-electron chi connectivity index (χ0n) is 14.0. The van der Waals surface area contributed by atoms with E-state index in [1.165, 1.54) is 4.57 Å². The molecule has 25 heavy (non-hydrogen) atoms. The highest BCUT2D eigenvalue weighted by atomic mass is 16.5. The van der Waals surface area contributed by atoms with Crippen molar-refractivity contribution in [1.82, 2.24) is 9.55 Å². The monoisotopic (exact) mass is 338 g/mol. The lowest BCUT2D eigenvalue weighted by Crippen LogP contribution is -2.30. The third kappa shape index (κ3) is 3.24. The number of rotatable bonds is 5. The largest absolute Gasteiger partial charge is 0.497 e. The molecule has 6 heteroatoms. The Morgan fingerprint density at radius 3 is 2.52 bits per heavy atom. The van der Waals surface area contributed by atoms with Crippen molar-refractivity contribution in [2.24, 2.45) is 0 Å². The van der Waals surface area contributed by atoms with Crippen molar-refractivity contribution in [3.63, 3.8) is 0 Å². The molecule has 0 unspecified atom stereocenters. The van der Waals surface area contributed by atoms with Crippen molar-refractivity contribution >= 4 is 16.9 Å². The minimum Gasteiger partial charge on any atom is -0.497 e. The minimum absolute atomic E-state index is 0.215. The number of carbonyl (C=O) groups is 1. The van der Waals surface area contributed by atoms with Crippen LogP contribution < -0.4 is 10.3 Å². The maximum absolute atomic E-state index is 13.0. The fraction of sp³-hybridized carbons (Fsp3) is 0.211. The number of fused-ring (bicyclic) bond motifs is 1. The third-order valence-electron chi connectivity index (χ3n) is 4.16. The van der Waals surface area contributed by atoms with Gasteiger partial charge in [0, 0.05) is 0 Å². The van der Waals surface area contributed by atoms with E-state index >= 15 is 0 Å². The van der Waals surface area contributed by atoms with Gasteiger partial charge in [-0.05, 0) is 36.8 Å². The molecular formula is C19H18N2O4. The Hall–Kier alpha value is -3.15. The molecule has 0 saturated heterocycles.